The number of β-lactam (4-membered cyclic amide) rings is 1. The number of hydrogen-bond donors (Lipinski definition) is 0. The van der Waals surface area contributed by atoms with Crippen LogP contribution in [0, 0.1) is 5.92 Å². The molecule has 3 rings (SSSR count). The molecule has 2 atom stereocenters. The monoisotopic (exact) mass is 200 g/mol. The van der Waals surface area contributed by atoms with E-state index in [1.165, 1.54) is 0 Å². The summed E-state index contributed by atoms with van der Waals surface area (Å²) in [6.45, 7) is 1.93. The van der Waals surface area contributed by atoms with Gasteiger partial charge in [-0.05, 0) is 6.92 Å². The number of nitrogens with zero attached hydrogens (tertiary/aromatic N) is 2. The van der Waals surface area contributed by atoms with Crippen molar-refractivity contribution in [3.63, 3.8) is 0 Å². The van der Waals surface area contributed by atoms with Crippen LogP contribution in [0.15, 0.2) is 35.3 Å². The maximum absolute atomic E-state index is 11.7. The summed E-state index contributed by atoms with van der Waals surface area (Å²) >= 11 is 0. The number of amides is 1. The maximum Gasteiger partial charge on any atom is 0.238 e. The summed E-state index contributed by atoms with van der Waals surface area (Å²) in [5.41, 5.74) is 1.70. The number of carbonyl (C=O) groups excluding carboxylic acids is 1. The first-order chi connectivity index (χ1) is 7.18. The Morgan fingerprint density at radius 1 is 1.33 bits per heavy atom. The Morgan fingerprint density at radius 2 is 2.00 bits per heavy atom. The summed E-state index contributed by atoms with van der Waals surface area (Å²) in [6, 6.07) is 10.0. The minimum Gasteiger partial charge on any atom is -0.315 e. The molecule has 2 unspecified atom stereocenters. The van der Waals surface area contributed by atoms with Gasteiger partial charge in [0.15, 0.2) is 5.66 Å². The van der Waals surface area contributed by atoms with Crippen molar-refractivity contribution in [1.82, 2.24) is 4.90 Å². The van der Waals surface area contributed by atoms with Crippen LogP contribution in [0.5, 0.6) is 0 Å². The number of carbonyl (C=O) groups is 1. The molecule has 3 heteroatoms. The lowest BCUT2D eigenvalue weighted by atomic mass is 9.69. The fraction of sp³-hybridized carbons (Fsp3) is 0.333. The van der Waals surface area contributed by atoms with Gasteiger partial charge in [0, 0.05) is 18.3 Å². The third kappa shape index (κ3) is 0.775. The van der Waals surface area contributed by atoms with E-state index < -0.39 is 0 Å². The second-order valence-corrected chi connectivity index (χ2v) is 4.18. The third-order valence-corrected chi connectivity index (χ3v) is 3.45. The van der Waals surface area contributed by atoms with Gasteiger partial charge in [-0.3, -0.25) is 9.79 Å². The van der Waals surface area contributed by atoms with Gasteiger partial charge >= 0.3 is 0 Å². The van der Waals surface area contributed by atoms with Crippen LogP contribution in [0.1, 0.15) is 12.5 Å². The third-order valence-electron chi connectivity index (χ3n) is 3.45. The van der Waals surface area contributed by atoms with Gasteiger partial charge in [-0.2, -0.15) is 0 Å². The van der Waals surface area contributed by atoms with Crippen LogP contribution in [0.3, 0.4) is 0 Å². The minimum atomic E-state index is -0.373. The fourth-order valence-corrected chi connectivity index (χ4v) is 2.65. The second kappa shape index (κ2) is 2.48. The van der Waals surface area contributed by atoms with Crippen molar-refractivity contribution >= 4 is 11.6 Å². The zero-order valence-corrected chi connectivity index (χ0v) is 8.77. The number of likely N-dealkylation sites (tertiary alicyclic amines) is 1. The van der Waals surface area contributed by atoms with Crippen molar-refractivity contribution in [2.24, 2.45) is 10.9 Å². The molecular formula is C12H12N2O. The summed E-state index contributed by atoms with van der Waals surface area (Å²) in [5.74, 6) is 0.177. The van der Waals surface area contributed by atoms with E-state index in [0.717, 1.165) is 11.3 Å². The largest absolute Gasteiger partial charge is 0.315 e. The van der Waals surface area contributed by atoms with Crippen LogP contribution in [0.4, 0.5) is 0 Å². The SMILES string of the molecule is CC1=NC2(c3ccccc3)C1C(=O)N2C. The zero-order chi connectivity index (χ0) is 10.6. The second-order valence-electron chi connectivity index (χ2n) is 4.18. The first-order valence-corrected chi connectivity index (χ1v) is 5.07. The molecule has 1 fully saturated rings. The molecule has 15 heavy (non-hydrogen) atoms. The average Bonchev–Trinajstić information content (AvgIpc) is 2.25. The molecule has 1 aromatic rings. The molecule has 3 nitrogen and oxygen atoms in total. The van der Waals surface area contributed by atoms with Crippen molar-refractivity contribution in [1.29, 1.82) is 0 Å². The van der Waals surface area contributed by atoms with Crippen molar-refractivity contribution < 1.29 is 4.79 Å². The molecule has 2 heterocycles. The Morgan fingerprint density at radius 3 is 2.60 bits per heavy atom. The van der Waals surface area contributed by atoms with Crippen LogP contribution in [0.25, 0.3) is 0 Å². The Kier molecular flexibility index (Phi) is 1.43. The summed E-state index contributed by atoms with van der Waals surface area (Å²) in [6.07, 6.45) is 0. The lowest BCUT2D eigenvalue weighted by Gasteiger charge is -2.59. The van der Waals surface area contributed by atoms with Crippen molar-refractivity contribution in [2.75, 3.05) is 7.05 Å². The Hall–Kier alpha value is -1.64. The van der Waals surface area contributed by atoms with Crippen LogP contribution >= 0.6 is 0 Å². The molecule has 0 aromatic heterocycles. The molecule has 0 N–H and O–H groups in total. The lowest BCUT2D eigenvalue weighted by Crippen LogP contribution is -2.73. The highest BCUT2D eigenvalue weighted by molar-refractivity contribution is 6.14. The highest BCUT2D eigenvalue weighted by Gasteiger charge is 2.66. The van der Waals surface area contributed by atoms with E-state index in [9.17, 15) is 4.79 Å². The number of fused-ring (bicyclic) bond motifs is 1. The van der Waals surface area contributed by atoms with E-state index in [4.69, 9.17) is 0 Å². The van der Waals surface area contributed by atoms with E-state index in [1.54, 1.807) is 4.90 Å². The molecule has 76 valence electrons. The van der Waals surface area contributed by atoms with E-state index in [0.29, 0.717) is 0 Å². The van der Waals surface area contributed by atoms with Crippen molar-refractivity contribution in [2.45, 2.75) is 12.6 Å². The molecular weight excluding hydrogens is 188 g/mol. The van der Waals surface area contributed by atoms with E-state index in [1.807, 2.05) is 44.3 Å². The quantitative estimate of drug-likeness (QED) is 0.631. The van der Waals surface area contributed by atoms with Crippen LogP contribution in [-0.4, -0.2) is 23.6 Å². The number of hydrogen-bond acceptors (Lipinski definition) is 2. The molecule has 0 aliphatic carbocycles. The maximum atomic E-state index is 11.7. The smallest absolute Gasteiger partial charge is 0.238 e. The minimum absolute atomic E-state index is 0.00935. The zero-order valence-electron chi connectivity index (χ0n) is 8.77. The highest BCUT2D eigenvalue weighted by Crippen LogP contribution is 2.53. The lowest BCUT2D eigenvalue weighted by molar-refractivity contribution is -0.165. The molecule has 0 bridgehead atoms. The molecule has 1 aromatic carbocycles. The number of aliphatic imine (C=N–C) groups is 1. The molecule has 2 aliphatic rings. The van der Waals surface area contributed by atoms with Gasteiger partial charge < -0.3 is 4.90 Å². The van der Waals surface area contributed by atoms with Gasteiger partial charge in [0.05, 0.1) is 0 Å². The van der Waals surface area contributed by atoms with Gasteiger partial charge in [-0.1, -0.05) is 30.3 Å². The first kappa shape index (κ1) is 8.65. The van der Waals surface area contributed by atoms with Gasteiger partial charge in [0.25, 0.3) is 0 Å². The Bertz CT molecular complexity index is 466. The van der Waals surface area contributed by atoms with Gasteiger partial charge in [0.2, 0.25) is 5.91 Å². The summed E-state index contributed by atoms with van der Waals surface area (Å²) < 4.78 is 0. The van der Waals surface area contributed by atoms with Crippen LogP contribution < -0.4 is 0 Å². The Balaban J connectivity index is 2.11. The number of rotatable bonds is 1. The predicted molar refractivity (Wildman–Crippen MR) is 57.5 cm³/mol. The molecule has 1 saturated heterocycles. The molecule has 0 radical (unpaired) electrons. The summed E-state index contributed by atoms with van der Waals surface area (Å²) in [5, 5.41) is 0. The average molecular weight is 200 g/mol. The van der Waals surface area contributed by atoms with E-state index >= 15 is 0 Å². The summed E-state index contributed by atoms with van der Waals surface area (Å²) in [4.78, 5) is 17.9. The van der Waals surface area contributed by atoms with Gasteiger partial charge in [-0.15, -0.1) is 0 Å². The van der Waals surface area contributed by atoms with Gasteiger partial charge in [0.1, 0.15) is 5.92 Å². The van der Waals surface area contributed by atoms with Gasteiger partial charge in [-0.25, -0.2) is 0 Å². The highest BCUT2D eigenvalue weighted by atomic mass is 16.2. The van der Waals surface area contributed by atoms with Crippen LogP contribution in [0.2, 0.25) is 0 Å². The standard InChI is InChI=1S/C12H12N2O/c1-8-10-11(15)14(2)12(10,13-8)9-6-4-3-5-7-9/h3-7,10H,1-2H3. The van der Waals surface area contributed by atoms with E-state index in [-0.39, 0.29) is 17.5 Å². The fourth-order valence-electron chi connectivity index (χ4n) is 2.65. The predicted octanol–water partition coefficient (Wildman–Crippen LogP) is 1.40. The van der Waals surface area contributed by atoms with Crippen LogP contribution in [-0.2, 0) is 10.5 Å². The molecule has 2 aliphatic heterocycles. The Labute approximate surface area is 88.4 Å². The normalized spacial score (nSPS) is 32.7. The first-order valence-electron chi connectivity index (χ1n) is 5.07. The molecule has 1 amide bonds. The van der Waals surface area contributed by atoms with Crippen molar-refractivity contribution in [3.8, 4) is 0 Å². The van der Waals surface area contributed by atoms with E-state index in [2.05, 4.69) is 4.99 Å². The molecule has 0 saturated carbocycles. The number of benzene rings is 1. The van der Waals surface area contributed by atoms with Crippen molar-refractivity contribution in [3.05, 3.63) is 35.9 Å². The summed E-state index contributed by atoms with van der Waals surface area (Å²) in [7, 11) is 1.82. The topological polar surface area (TPSA) is 32.7 Å². The molecule has 0 spiro atoms.